The van der Waals surface area contributed by atoms with E-state index >= 15 is 0 Å². The van der Waals surface area contributed by atoms with Gasteiger partial charge in [-0.15, -0.1) is 0 Å². The molecule has 0 aliphatic rings. The van der Waals surface area contributed by atoms with Crippen molar-refractivity contribution in [2.24, 2.45) is 5.92 Å². The number of aromatic nitrogens is 1. The summed E-state index contributed by atoms with van der Waals surface area (Å²) in [5, 5.41) is 12.6. The topological polar surface area (TPSA) is 65.1 Å². The summed E-state index contributed by atoms with van der Waals surface area (Å²) in [5.74, 6) is -0.455. The number of carbonyl (C=O) groups excluding carboxylic acids is 1. The van der Waals surface area contributed by atoms with Crippen LogP contribution >= 0.6 is 0 Å². The van der Waals surface area contributed by atoms with Crippen LogP contribution in [0.2, 0.25) is 0 Å². The molecule has 2 atom stereocenters. The number of H-pyrrole nitrogens is 1. The summed E-state index contributed by atoms with van der Waals surface area (Å²) < 4.78 is 13.3. The Labute approximate surface area is 117 Å². The summed E-state index contributed by atoms with van der Waals surface area (Å²) >= 11 is 0. The normalized spacial score (nSPS) is 14.2. The fourth-order valence-corrected chi connectivity index (χ4v) is 2.08. The molecular weight excluding hydrogens is 259 g/mol. The van der Waals surface area contributed by atoms with Crippen molar-refractivity contribution < 1.29 is 14.3 Å². The summed E-state index contributed by atoms with van der Waals surface area (Å²) in [6.07, 6.45) is 1.91. The molecule has 1 aromatic heterocycles. The number of aliphatic hydroxyl groups excluding tert-OH is 1. The van der Waals surface area contributed by atoms with Crippen molar-refractivity contribution in [2.75, 3.05) is 6.61 Å². The molecule has 20 heavy (non-hydrogen) atoms. The highest BCUT2D eigenvalue weighted by Crippen LogP contribution is 2.19. The molecule has 0 bridgehead atoms. The third-order valence-corrected chi connectivity index (χ3v) is 3.61. The van der Waals surface area contributed by atoms with Crippen LogP contribution in [0, 0.1) is 11.7 Å². The van der Waals surface area contributed by atoms with E-state index in [0.29, 0.717) is 0 Å². The van der Waals surface area contributed by atoms with E-state index in [2.05, 4.69) is 10.3 Å². The second-order valence-corrected chi connectivity index (χ2v) is 5.20. The zero-order valence-electron chi connectivity index (χ0n) is 11.6. The van der Waals surface area contributed by atoms with E-state index in [4.69, 9.17) is 5.11 Å². The molecule has 1 heterocycles. The van der Waals surface area contributed by atoms with Crippen molar-refractivity contribution in [1.82, 2.24) is 10.3 Å². The molecule has 108 valence electrons. The van der Waals surface area contributed by atoms with Crippen molar-refractivity contribution in [3.63, 3.8) is 0 Å². The Balaban J connectivity index is 2.08. The molecule has 0 saturated carbocycles. The van der Waals surface area contributed by atoms with Gasteiger partial charge in [0.05, 0.1) is 6.42 Å². The number of halogens is 1. The van der Waals surface area contributed by atoms with E-state index in [1.807, 2.05) is 13.8 Å². The Morgan fingerprint density at radius 3 is 2.90 bits per heavy atom. The number of hydrogen-bond acceptors (Lipinski definition) is 2. The third-order valence-electron chi connectivity index (χ3n) is 3.61. The molecule has 0 fully saturated rings. The number of rotatable bonds is 5. The maximum atomic E-state index is 13.3. The smallest absolute Gasteiger partial charge is 0.224 e. The van der Waals surface area contributed by atoms with Gasteiger partial charge in [-0.3, -0.25) is 4.79 Å². The zero-order chi connectivity index (χ0) is 14.7. The Kier molecular flexibility index (Phi) is 4.39. The minimum Gasteiger partial charge on any atom is -0.396 e. The van der Waals surface area contributed by atoms with Gasteiger partial charge in [0.1, 0.15) is 5.82 Å². The van der Waals surface area contributed by atoms with Crippen LogP contribution < -0.4 is 5.32 Å². The molecular formula is C15H19FN2O2. The van der Waals surface area contributed by atoms with Crippen molar-refractivity contribution in [2.45, 2.75) is 26.3 Å². The maximum absolute atomic E-state index is 13.3. The first-order valence-corrected chi connectivity index (χ1v) is 6.67. The average Bonchev–Trinajstić information content (AvgIpc) is 2.80. The van der Waals surface area contributed by atoms with Gasteiger partial charge in [-0.25, -0.2) is 4.39 Å². The van der Waals surface area contributed by atoms with Crippen LogP contribution in [0.15, 0.2) is 24.4 Å². The molecule has 2 rings (SSSR count). The lowest BCUT2D eigenvalue weighted by molar-refractivity contribution is -0.121. The van der Waals surface area contributed by atoms with Crippen molar-refractivity contribution >= 4 is 16.8 Å². The fraction of sp³-hybridized carbons (Fsp3) is 0.400. The first kappa shape index (κ1) is 14.5. The number of aromatic amines is 1. The van der Waals surface area contributed by atoms with Gasteiger partial charge < -0.3 is 15.4 Å². The second kappa shape index (κ2) is 6.05. The summed E-state index contributed by atoms with van der Waals surface area (Å²) in [7, 11) is 0. The standard InChI is InChI=1S/C15H19FN2O2/c1-9(8-19)10(2)18-15(20)5-11-7-17-14-4-3-12(16)6-13(11)14/h3-4,6-7,9-10,17,19H,5,8H2,1-2H3,(H,18,20). The highest BCUT2D eigenvalue weighted by molar-refractivity contribution is 5.89. The Morgan fingerprint density at radius 1 is 1.45 bits per heavy atom. The predicted octanol–water partition coefficient (Wildman–Crippen LogP) is 1.98. The molecule has 2 unspecified atom stereocenters. The van der Waals surface area contributed by atoms with E-state index in [9.17, 15) is 9.18 Å². The van der Waals surface area contributed by atoms with Gasteiger partial charge in [0.2, 0.25) is 5.91 Å². The van der Waals surface area contributed by atoms with E-state index in [-0.39, 0.29) is 36.7 Å². The van der Waals surface area contributed by atoms with E-state index in [1.54, 1.807) is 12.3 Å². The highest BCUT2D eigenvalue weighted by Gasteiger charge is 2.15. The van der Waals surface area contributed by atoms with Crippen LogP contribution in [-0.4, -0.2) is 28.6 Å². The molecule has 0 aliphatic heterocycles. The van der Waals surface area contributed by atoms with Crippen LogP contribution in [-0.2, 0) is 11.2 Å². The van der Waals surface area contributed by atoms with Crippen LogP contribution in [0.25, 0.3) is 10.9 Å². The number of amides is 1. The van der Waals surface area contributed by atoms with Crippen molar-refractivity contribution in [3.8, 4) is 0 Å². The van der Waals surface area contributed by atoms with E-state index in [1.165, 1.54) is 12.1 Å². The molecule has 3 N–H and O–H groups in total. The van der Waals surface area contributed by atoms with Gasteiger partial charge in [0, 0.05) is 29.7 Å². The monoisotopic (exact) mass is 278 g/mol. The molecule has 0 spiro atoms. The molecule has 2 aromatic rings. The Bertz CT molecular complexity index is 609. The van der Waals surface area contributed by atoms with Gasteiger partial charge in [-0.1, -0.05) is 6.92 Å². The number of fused-ring (bicyclic) bond motifs is 1. The SMILES string of the molecule is CC(CO)C(C)NC(=O)Cc1c[nH]c2ccc(F)cc12. The van der Waals surface area contributed by atoms with Gasteiger partial charge in [0.15, 0.2) is 0 Å². The average molecular weight is 278 g/mol. The molecule has 1 aromatic carbocycles. The van der Waals surface area contributed by atoms with Crippen molar-refractivity contribution in [1.29, 1.82) is 0 Å². The van der Waals surface area contributed by atoms with Crippen LogP contribution in [0.5, 0.6) is 0 Å². The van der Waals surface area contributed by atoms with E-state index in [0.717, 1.165) is 16.5 Å². The maximum Gasteiger partial charge on any atom is 0.224 e. The van der Waals surface area contributed by atoms with E-state index < -0.39 is 0 Å². The predicted molar refractivity (Wildman–Crippen MR) is 75.8 cm³/mol. The Morgan fingerprint density at radius 2 is 2.20 bits per heavy atom. The molecule has 4 nitrogen and oxygen atoms in total. The fourth-order valence-electron chi connectivity index (χ4n) is 2.08. The first-order valence-electron chi connectivity index (χ1n) is 6.67. The van der Waals surface area contributed by atoms with Crippen LogP contribution in [0.3, 0.4) is 0 Å². The lowest BCUT2D eigenvalue weighted by Gasteiger charge is -2.19. The number of benzene rings is 1. The molecule has 0 saturated heterocycles. The number of hydrogen-bond donors (Lipinski definition) is 3. The lowest BCUT2D eigenvalue weighted by Crippen LogP contribution is -2.39. The second-order valence-electron chi connectivity index (χ2n) is 5.20. The number of carbonyl (C=O) groups is 1. The number of nitrogens with one attached hydrogen (secondary N) is 2. The summed E-state index contributed by atoms with van der Waals surface area (Å²) in [6.45, 7) is 3.75. The first-order chi connectivity index (χ1) is 9.51. The minimum absolute atomic E-state index is 0.000589. The Hall–Kier alpha value is -1.88. The molecule has 0 radical (unpaired) electrons. The summed E-state index contributed by atoms with van der Waals surface area (Å²) in [4.78, 5) is 15.0. The van der Waals surface area contributed by atoms with Gasteiger partial charge in [0.25, 0.3) is 0 Å². The molecule has 1 amide bonds. The highest BCUT2D eigenvalue weighted by atomic mass is 19.1. The van der Waals surface area contributed by atoms with Gasteiger partial charge >= 0.3 is 0 Å². The molecule has 5 heteroatoms. The minimum atomic E-state index is -0.318. The lowest BCUT2D eigenvalue weighted by atomic mass is 10.0. The van der Waals surface area contributed by atoms with Crippen molar-refractivity contribution in [3.05, 3.63) is 35.8 Å². The molecule has 0 aliphatic carbocycles. The summed E-state index contributed by atoms with van der Waals surface area (Å²) in [5.41, 5.74) is 1.58. The summed E-state index contributed by atoms with van der Waals surface area (Å²) in [6, 6.07) is 4.36. The van der Waals surface area contributed by atoms with Gasteiger partial charge in [-0.05, 0) is 36.6 Å². The van der Waals surface area contributed by atoms with Gasteiger partial charge in [-0.2, -0.15) is 0 Å². The largest absolute Gasteiger partial charge is 0.396 e. The zero-order valence-corrected chi connectivity index (χ0v) is 11.6. The quantitative estimate of drug-likeness (QED) is 0.783. The number of aliphatic hydroxyl groups is 1. The van der Waals surface area contributed by atoms with Crippen LogP contribution in [0.1, 0.15) is 19.4 Å². The van der Waals surface area contributed by atoms with Crippen LogP contribution in [0.4, 0.5) is 4.39 Å². The third kappa shape index (κ3) is 3.17.